The van der Waals surface area contributed by atoms with Crippen molar-refractivity contribution in [3.63, 3.8) is 0 Å². The maximum absolute atomic E-state index is 13.7. The summed E-state index contributed by atoms with van der Waals surface area (Å²) in [4.78, 5) is 21.0. The fourth-order valence-corrected chi connectivity index (χ4v) is 2.03. The molecule has 0 saturated heterocycles. The third kappa shape index (κ3) is 2.89. The number of aromatic nitrogens is 1. The van der Waals surface area contributed by atoms with Crippen LogP contribution in [0, 0.1) is 5.82 Å². The molecule has 1 atom stereocenters. The van der Waals surface area contributed by atoms with Crippen molar-refractivity contribution >= 4 is 17.3 Å². The summed E-state index contributed by atoms with van der Waals surface area (Å²) in [5.41, 5.74) is 1.36. The Morgan fingerprint density at radius 1 is 1.29 bits per heavy atom. The van der Waals surface area contributed by atoms with Gasteiger partial charge in [0.1, 0.15) is 5.82 Å². The molecular formula is C15H12FN3O2. The summed E-state index contributed by atoms with van der Waals surface area (Å²) in [6.45, 7) is 0. The van der Waals surface area contributed by atoms with E-state index in [-0.39, 0.29) is 18.1 Å². The maximum atomic E-state index is 13.7. The molecule has 1 aromatic heterocycles. The second-order valence-corrected chi connectivity index (χ2v) is 4.55. The lowest BCUT2D eigenvalue weighted by molar-refractivity contribution is -0.125. The van der Waals surface area contributed by atoms with Gasteiger partial charge in [-0.2, -0.15) is 0 Å². The molecule has 21 heavy (non-hydrogen) atoms. The standard InChI is InChI=1S/C15H12FN3O2/c16-12-6-2-1-5-11(12)13-8-14(21-19-13)15(20)18-10-4-3-7-17-9-10/h1-7,9,14H,8H2,(H,18,20). The first-order valence-corrected chi connectivity index (χ1v) is 6.42. The number of halogens is 1. The van der Waals surface area contributed by atoms with Crippen LogP contribution in [0.5, 0.6) is 0 Å². The Balaban J connectivity index is 1.66. The van der Waals surface area contributed by atoms with Gasteiger partial charge in [0.2, 0.25) is 6.10 Å². The van der Waals surface area contributed by atoms with Gasteiger partial charge in [-0.25, -0.2) is 4.39 Å². The predicted molar refractivity (Wildman–Crippen MR) is 75.3 cm³/mol. The number of hydrogen-bond acceptors (Lipinski definition) is 4. The molecule has 1 unspecified atom stereocenters. The van der Waals surface area contributed by atoms with Gasteiger partial charge in [0, 0.05) is 18.2 Å². The number of anilines is 1. The number of carbonyl (C=O) groups is 1. The van der Waals surface area contributed by atoms with E-state index in [2.05, 4.69) is 15.5 Å². The van der Waals surface area contributed by atoms with Gasteiger partial charge in [-0.1, -0.05) is 23.4 Å². The van der Waals surface area contributed by atoms with Crippen LogP contribution >= 0.6 is 0 Å². The summed E-state index contributed by atoms with van der Waals surface area (Å²) >= 11 is 0. The summed E-state index contributed by atoms with van der Waals surface area (Å²) < 4.78 is 13.7. The molecule has 1 aliphatic rings. The zero-order valence-electron chi connectivity index (χ0n) is 11.0. The highest BCUT2D eigenvalue weighted by Gasteiger charge is 2.29. The molecule has 1 N–H and O–H groups in total. The predicted octanol–water partition coefficient (Wildman–Crippen LogP) is 2.35. The Hall–Kier alpha value is -2.76. The second-order valence-electron chi connectivity index (χ2n) is 4.55. The highest BCUT2D eigenvalue weighted by molar-refractivity contribution is 6.06. The number of hydrogen-bond donors (Lipinski definition) is 1. The Bertz CT molecular complexity index is 688. The fraction of sp³-hybridized carbons (Fsp3) is 0.133. The average Bonchev–Trinajstić information content (AvgIpc) is 2.98. The molecule has 6 heteroatoms. The number of carbonyl (C=O) groups excluding carboxylic acids is 1. The number of nitrogens with one attached hydrogen (secondary N) is 1. The maximum Gasteiger partial charge on any atom is 0.268 e. The van der Waals surface area contributed by atoms with E-state index in [1.807, 2.05) is 0 Å². The molecule has 2 aromatic rings. The van der Waals surface area contributed by atoms with Crippen molar-refractivity contribution in [2.24, 2.45) is 5.16 Å². The molecule has 2 heterocycles. The molecule has 0 aliphatic carbocycles. The van der Waals surface area contributed by atoms with E-state index in [0.29, 0.717) is 17.0 Å². The molecular weight excluding hydrogens is 273 g/mol. The van der Waals surface area contributed by atoms with Crippen LogP contribution in [0.3, 0.4) is 0 Å². The van der Waals surface area contributed by atoms with Gasteiger partial charge in [-0.15, -0.1) is 0 Å². The quantitative estimate of drug-likeness (QED) is 0.941. The van der Waals surface area contributed by atoms with E-state index in [1.54, 1.807) is 36.5 Å². The van der Waals surface area contributed by atoms with E-state index in [4.69, 9.17) is 4.84 Å². The van der Waals surface area contributed by atoms with Crippen LogP contribution in [0.15, 0.2) is 53.9 Å². The van der Waals surface area contributed by atoms with Gasteiger partial charge in [0.25, 0.3) is 5.91 Å². The molecule has 0 radical (unpaired) electrons. The average molecular weight is 285 g/mol. The lowest BCUT2D eigenvalue weighted by Gasteiger charge is -2.08. The molecule has 1 aliphatic heterocycles. The number of rotatable bonds is 3. The van der Waals surface area contributed by atoms with E-state index >= 15 is 0 Å². The largest absolute Gasteiger partial charge is 0.382 e. The van der Waals surface area contributed by atoms with Crippen molar-refractivity contribution in [1.29, 1.82) is 0 Å². The molecule has 106 valence electrons. The van der Waals surface area contributed by atoms with Crippen molar-refractivity contribution < 1.29 is 14.0 Å². The second kappa shape index (κ2) is 5.70. The van der Waals surface area contributed by atoms with Gasteiger partial charge in [0.05, 0.1) is 17.6 Å². The smallest absolute Gasteiger partial charge is 0.268 e. The molecule has 0 fully saturated rings. The number of oxime groups is 1. The Morgan fingerprint density at radius 3 is 2.90 bits per heavy atom. The summed E-state index contributed by atoms with van der Waals surface area (Å²) in [7, 11) is 0. The first-order chi connectivity index (χ1) is 10.2. The van der Waals surface area contributed by atoms with Crippen molar-refractivity contribution in [2.45, 2.75) is 12.5 Å². The first-order valence-electron chi connectivity index (χ1n) is 6.42. The summed E-state index contributed by atoms with van der Waals surface area (Å²) in [6, 6.07) is 9.70. The monoisotopic (exact) mass is 285 g/mol. The Labute approximate surface area is 120 Å². The summed E-state index contributed by atoms with van der Waals surface area (Å²) in [5, 5.41) is 6.49. The van der Waals surface area contributed by atoms with E-state index < -0.39 is 6.10 Å². The van der Waals surface area contributed by atoms with Gasteiger partial charge in [-0.3, -0.25) is 9.78 Å². The number of benzene rings is 1. The van der Waals surface area contributed by atoms with Crippen LogP contribution in [-0.4, -0.2) is 22.7 Å². The summed E-state index contributed by atoms with van der Waals surface area (Å²) in [5.74, 6) is -0.716. The van der Waals surface area contributed by atoms with E-state index in [9.17, 15) is 9.18 Å². The number of amides is 1. The Kier molecular flexibility index (Phi) is 3.59. The van der Waals surface area contributed by atoms with Crippen LogP contribution in [0.4, 0.5) is 10.1 Å². The molecule has 1 amide bonds. The first kappa shape index (κ1) is 13.2. The van der Waals surface area contributed by atoms with Gasteiger partial charge in [-0.05, 0) is 18.2 Å². The molecule has 1 aromatic carbocycles. The van der Waals surface area contributed by atoms with E-state index in [1.165, 1.54) is 12.3 Å². The van der Waals surface area contributed by atoms with Crippen LogP contribution < -0.4 is 5.32 Å². The zero-order valence-corrected chi connectivity index (χ0v) is 11.0. The number of pyridine rings is 1. The van der Waals surface area contributed by atoms with Crippen molar-refractivity contribution in [3.05, 3.63) is 60.2 Å². The molecule has 0 spiro atoms. The molecule has 0 saturated carbocycles. The van der Waals surface area contributed by atoms with Crippen LogP contribution in [0.2, 0.25) is 0 Å². The number of nitrogens with zero attached hydrogens (tertiary/aromatic N) is 2. The van der Waals surface area contributed by atoms with Crippen LogP contribution in [0.1, 0.15) is 12.0 Å². The topological polar surface area (TPSA) is 63.6 Å². The van der Waals surface area contributed by atoms with Gasteiger partial charge in [0.15, 0.2) is 0 Å². The van der Waals surface area contributed by atoms with Gasteiger partial charge < -0.3 is 10.2 Å². The van der Waals surface area contributed by atoms with Crippen molar-refractivity contribution in [2.75, 3.05) is 5.32 Å². The van der Waals surface area contributed by atoms with Gasteiger partial charge >= 0.3 is 0 Å². The minimum Gasteiger partial charge on any atom is -0.382 e. The molecule has 0 bridgehead atoms. The lowest BCUT2D eigenvalue weighted by Crippen LogP contribution is -2.28. The molecule has 5 nitrogen and oxygen atoms in total. The third-order valence-electron chi connectivity index (χ3n) is 3.08. The van der Waals surface area contributed by atoms with E-state index in [0.717, 1.165) is 0 Å². The lowest BCUT2D eigenvalue weighted by atomic mass is 10.0. The Morgan fingerprint density at radius 2 is 2.14 bits per heavy atom. The van der Waals surface area contributed by atoms with Crippen LogP contribution in [0.25, 0.3) is 0 Å². The zero-order chi connectivity index (χ0) is 14.7. The summed E-state index contributed by atoms with van der Waals surface area (Å²) in [6.07, 6.45) is 2.61. The normalized spacial score (nSPS) is 17.0. The minimum atomic E-state index is -0.764. The molecule has 3 rings (SSSR count). The fourth-order valence-electron chi connectivity index (χ4n) is 2.03. The third-order valence-corrected chi connectivity index (χ3v) is 3.08. The van der Waals surface area contributed by atoms with Crippen molar-refractivity contribution in [1.82, 2.24) is 4.98 Å². The SMILES string of the molecule is O=C(Nc1cccnc1)C1CC(c2ccccc2F)=NO1. The van der Waals surface area contributed by atoms with Crippen LogP contribution in [-0.2, 0) is 9.63 Å². The highest BCUT2D eigenvalue weighted by Crippen LogP contribution is 2.20. The van der Waals surface area contributed by atoms with Crippen molar-refractivity contribution in [3.8, 4) is 0 Å². The minimum absolute atomic E-state index is 0.229. The highest BCUT2D eigenvalue weighted by atomic mass is 19.1.